The first-order chi connectivity index (χ1) is 9.15. The average molecular weight is 398 g/mol. The first-order valence-electron chi connectivity index (χ1n) is 7.43. The monoisotopic (exact) mass is 398 g/mol. The molecular formula is C14H31IN4O. The number of rotatable bonds is 7. The van der Waals surface area contributed by atoms with E-state index in [0.29, 0.717) is 12.6 Å². The van der Waals surface area contributed by atoms with Gasteiger partial charge in [-0.2, -0.15) is 0 Å². The summed E-state index contributed by atoms with van der Waals surface area (Å²) in [6, 6.07) is 0.210. The molecule has 0 radical (unpaired) electrons. The lowest BCUT2D eigenvalue weighted by Gasteiger charge is -2.30. The topological polar surface area (TPSA) is 62.9 Å². The quantitative estimate of drug-likeness (QED) is 0.389. The standard InChI is InChI=1S/C14H30N4O.HI/c1-4-18-9-6-13(7-10-18)5-8-16-14(15)17-12(2)11-19-3;/h12-13H,4-11H2,1-3H3,(H3,15,16,17);1H. The summed E-state index contributed by atoms with van der Waals surface area (Å²) in [4.78, 5) is 6.91. The Hall–Kier alpha value is -0.0800. The number of ether oxygens (including phenoxy) is 1. The van der Waals surface area contributed by atoms with Gasteiger partial charge in [0, 0.05) is 19.7 Å². The average Bonchev–Trinajstić information content (AvgIpc) is 2.39. The van der Waals surface area contributed by atoms with Crippen LogP contribution in [0, 0.1) is 5.92 Å². The molecule has 1 unspecified atom stereocenters. The molecule has 0 aromatic rings. The van der Waals surface area contributed by atoms with E-state index in [1.807, 2.05) is 6.92 Å². The third-order valence-electron chi connectivity index (χ3n) is 3.78. The number of halogens is 1. The summed E-state index contributed by atoms with van der Waals surface area (Å²) in [5.41, 5.74) is 5.84. The first kappa shape index (κ1) is 19.9. The second-order valence-corrected chi connectivity index (χ2v) is 5.43. The van der Waals surface area contributed by atoms with Crippen molar-refractivity contribution in [3.8, 4) is 0 Å². The summed E-state index contributed by atoms with van der Waals surface area (Å²) < 4.78 is 5.05. The molecule has 1 saturated heterocycles. The maximum atomic E-state index is 5.84. The van der Waals surface area contributed by atoms with Gasteiger partial charge in [-0.15, -0.1) is 24.0 Å². The van der Waals surface area contributed by atoms with E-state index in [1.54, 1.807) is 7.11 Å². The molecule has 1 aliphatic heterocycles. The van der Waals surface area contributed by atoms with E-state index in [4.69, 9.17) is 10.5 Å². The number of methoxy groups -OCH3 is 1. The number of hydrogen-bond acceptors (Lipinski definition) is 3. The van der Waals surface area contributed by atoms with Crippen molar-refractivity contribution < 1.29 is 4.74 Å². The molecule has 120 valence electrons. The van der Waals surface area contributed by atoms with E-state index in [1.165, 1.54) is 32.5 Å². The smallest absolute Gasteiger partial charge is 0.188 e. The normalized spacial score (nSPS) is 19.4. The van der Waals surface area contributed by atoms with E-state index in [-0.39, 0.29) is 30.0 Å². The lowest BCUT2D eigenvalue weighted by atomic mass is 9.94. The lowest BCUT2D eigenvalue weighted by Crippen LogP contribution is -2.40. The van der Waals surface area contributed by atoms with Crippen molar-refractivity contribution in [1.29, 1.82) is 0 Å². The zero-order valence-electron chi connectivity index (χ0n) is 13.1. The van der Waals surface area contributed by atoms with Crippen LogP contribution in [0.3, 0.4) is 0 Å². The molecule has 6 heteroatoms. The summed E-state index contributed by atoms with van der Waals surface area (Å²) in [5.74, 6) is 1.35. The fourth-order valence-electron chi connectivity index (χ4n) is 2.55. The molecule has 0 saturated carbocycles. The van der Waals surface area contributed by atoms with Crippen LogP contribution in [0.1, 0.15) is 33.1 Å². The minimum absolute atomic E-state index is 0. The van der Waals surface area contributed by atoms with Gasteiger partial charge in [0.2, 0.25) is 0 Å². The Labute approximate surface area is 140 Å². The highest BCUT2D eigenvalue weighted by atomic mass is 127. The predicted octanol–water partition coefficient (Wildman–Crippen LogP) is 1.67. The first-order valence-corrected chi connectivity index (χ1v) is 7.43. The van der Waals surface area contributed by atoms with E-state index >= 15 is 0 Å². The Balaban J connectivity index is 0.00000361. The van der Waals surface area contributed by atoms with Crippen LogP contribution in [-0.4, -0.2) is 56.8 Å². The third kappa shape index (κ3) is 8.26. The Morgan fingerprint density at radius 1 is 1.45 bits per heavy atom. The molecular weight excluding hydrogens is 367 g/mol. The number of guanidine groups is 1. The highest BCUT2D eigenvalue weighted by Gasteiger charge is 2.17. The van der Waals surface area contributed by atoms with Crippen LogP contribution in [0.15, 0.2) is 4.99 Å². The predicted molar refractivity (Wildman–Crippen MR) is 95.8 cm³/mol. The molecule has 1 aliphatic rings. The highest BCUT2D eigenvalue weighted by molar-refractivity contribution is 14.0. The second-order valence-electron chi connectivity index (χ2n) is 5.43. The minimum Gasteiger partial charge on any atom is -0.383 e. The number of piperidine rings is 1. The van der Waals surface area contributed by atoms with Crippen LogP contribution >= 0.6 is 24.0 Å². The fraction of sp³-hybridized carbons (Fsp3) is 0.929. The maximum Gasteiger partial charge on any atom is 0.188 e. The number of nitrogens with one attached hydrogen (secondary N) is 1. The Morgan fingerprint density at radius 2 is 2.10 bits per heavy atom. The molecule has 0 bridgehead atoms. The van der Waals surface area contributed by atoms with Crippen LogP contribution in [0.25, 0.3) is 0 Å². The zero-order valence-corrected chi connectivity index (χ0v) is 15.4. The van der Waals surface area contributed by atoms with Gasteiger partial charge >= 0.3 is 0 Å². The van der Waals surface area contributed by atoms with Gasteiger partial charge in [0.15, 0.2) is 5.96 Å². The minimum atomic E-state index is 0. The van der Waals surface area contributed by atoms with E-state index in [9.17, 15) is 0 Å². The summed E-state index contributed by atoms with van der Waals surface area (Å²) in [5, 5.41) is 3.13. The highest BCUT2D eigenvalue weighted by Crippen LogP contribution is 2.19. The van der Waals surface area contributed by atoms with Gasteiger partial charge in [-0.05, 0) is 51.7 Å². The molecule has 3 N–H and O–H groups in total. The van der Waals surface area contributed by atoms with Gasteiger partial charge in [0.05, 0.1) is 6.61 Å². The van der Waals surface area contributed by atoms with Gasteiger partial charge in [-0.25, -0.2) is 0 Å². The molecule has 5 nitrogen and oxygen atoms in total. The molecule has 0 aromatic heterocycles. The third-order valence-corrected chi connectivity index (χ3v) is 3.78. The molecule has 1 fully saturated rings. The van der Waals surface area contributed by atoms with Crippen molar-refractivity contribution in [1.82, 2.24) is 10.2 Å². The zero-order chi connectivity index (χ0) is 14.1. The van der Waals surface area contributed by atoms with Crippen molar-refractivity contribution in [2.24, 2.45) is 16.6 Å². The Bertz CT molecular complexity index is 268. The summed E-state index contributed by atoms with van der Waals surface area (Å²) in [7, 11) is 1.69. The second kappa shape index (κ2) is 11.6. The SMILES string of the molecule is CCN1CCC(CCN=C(N)NC(C)COC)CC1.I. The van der Waals surface area contributed by atoms with Crippen molar-refractivity contribution in [3.63, 3.8) is 0 Å². The fourth-order valence-corrected chi connectivity index (χ4v) is 2.55. The molecule has 0 aromatic carbocycles. The van der Waals surface area contributed by atoms with Crippen LogP contribution in [-0.2, 0) is 4.74 Å². The van der Waals surface area contributed by atoms with Crippen molar-refractivity contribution >= 4 is 29.9 Å². The van der Waals surface area contributed by atoms with Crippen LogP contribution in [0.2, 0.25) is 0 Å². The molecule has 1 rings (SSSR count). The summed E-state index contributed by atoms with van der Waals surface area (Å²) in [6.07, 6.45) is 3.76. The lowest BCUT2D eigenvalue weighted by molar-refractivity contribution is 0.179. The maximum absolute atomic E-state index is 5.84. The van der Waals surface area contributed by atoms with E-state index in [0.717, 1.165) is 18.9 Å². The number of aliphatic imine (C=N–C) groups is 1. The van der Waals surface area contributed by atoms with Gasteiger partial charge in [-0.1, -0.05) is 6.92 Å². The van der Waals surface area contributed by atoms with Crippen molar-refractivity contribution in [2.45, 2.75) is 39.2 Å². The Kier molecular flexibility index (Phi) is 11.5. The number of likely N-dealkylation sites (tertiary alicyclic amines) is 1. The van der Waals surface area contributed by atoms with Crippen LogP contribution < -0.4 is 11.1 Å². The summed E-state index contributed by atoms with van der Waals surface area (Å²) >= 11 is 0. The number of hydrogen-bond donors (Lipinski definition) is 2. The molecule has 0 amide bonds. The largest absolute Gasteiger partial charge is 0.383 e. The van der Waals surface area contributed by atoms with Gasteiger partial charge in [0.25, 0.3) is 0 Å². The molecule has 0 spiro atoms. The van der Waals surface area contributed by atoms with Crippen LogP contribution in [0.5, 0.6) is 0 Å². The van der Waals surface area contributed by atoms with E-state index in [2.05, 4.69) is 22.1 Å². The molecule has 20 heavy (non-hydrogen) atoms. The van der Waals surface area contributed by atoms with Crippen molar-refractivity contribution in [3.05, 3.63) is 0 Å². The molecule has 1 heterocycles. The van der Waals surface area contributed by atoms with E-state index < -0.39 is 0 Å². The molecule has 1 atom stereocenters. The van der Waals surface area contributed by atoms with Gasteiger partial charge in [-0.3, -0.25) is 4.99 Å². The molecule has 0 aliphatic carbocycles. The Morgan fingerprint density at radius 3 is 2.65 bits per heavy atom. The van der Waals surface area contributed by atoms with Gasteiger partial charge < -0.3 is 20.7 Å². The summed E-state index contributed by atoms with van der Waals surface area (Å²) in [6.45, 7) is 9.40. The van der Waals surface area contributed by atoms with Crippen LogP contribution in [0.4, 0.5) is 0 Å². The number of nitrogens with two attached hydrogens (primary N) is 1. The van der Waals surface area contributed by atoms with Gasteiger partial charge in [0.1, 0.15) is 0 Å². The number of nitrogens with zero attached hydrogens (tertiary/aromatic N) is 2. The van der Waals surface area contributed by atoms with Crippen molar-refractivity contribution in [2.75, 3.05) is 39.9 Å².